The highest BCUT2D eigenvalue weighted by Gasteiger charge is 2.16. The lowest BCUT2D eigenvalue weighted by Gasteiger charge is -2.25. The maximum atomic E-state index is 12.6. The van der Waals surface area contributed by atoms with Crippen molar-refractivity contribution in [1.82, 2.24) is 4.98 Å². The Hall–Kier alpha value is -2.64. The second kappa shape index (κ2) is 8.58. The zero-order valence-electron chi connectivity index (χ0n) is 15.8. The molecule has 0 atom stereocenters. The molecular formula is C21H23N3O3S. The number of ether oxygens (including phenoxy) is 2. The largest absolute Gasteiger partial charge is 0.494 e. The lowest BCUT2D eigenvalue weighted by atomic mass is 10.2. The minimum atomic E-state index is -0.154. The number of hydrogen-bond donors (Lipinski definition) is 1. The van der Waals surface area contributed by atoms with Gasteiger partial charge in [0.25, 0.3) is 5.91 Å². The fourth-order valence-corrected chi connectivity index (χ4v) is 4.09. The second-order valence-electron chi connectivity index (χ2n) is 6.61. The SMILES string of the molecule is CCCOc1cccc(C(=O)Nc2ccc3nc(N4CCOCC4)sc3c2)c1. The third kappa shape index (κ3) is 4.26. The molecule has 1 amide bonds. The Morgan fingerprint density at radius 2 is 2.11 bits per heavy atom. The molecule has 0 aliphatic carbocycles. The Labute approximate surface area is 168 Å². The number of morpholine rings is 1. The highest BCUT2D eigenvalue weighted by Crippen LogP contribution is 2.31. The Balaban J connectivity index is 1.49. The molecular weight excluding hydrogens is 374 g/mol. The van der Waals surface area contributed by atoms with Gasteiger partial charge in [-0.3, -0.25) is 4.79 Å². The van der Waals surface area contributed by atoms with Crippen molar-refractivity contribution in [2.45, 2.75) is 13.3 Å². The lowest BCUT2D eigenvalue weighted by Crippen LogP contribution is -2.36. The van der Waals surface area contributed by atoms with Gasteiger partial charge in [-0.25, -0.2) is 4.98 Å². The standard InChI is InChI=1S/C21H23N3O3S/c1-2-10-27-17-5-3-4-15(13-17)20(25)22-16-6-7-18-19(14-16)28-21(23-18)24-8-11-26-12-9-24/h3-7,13-14H,2,8-12H2,1H3,(H,22,25). The summed E-state index contributed by atoms with van der Waals surface area (Å²) < 4.78 is 12.1. The van der Waals surface area contributed by atoms with E-state index < -0.39 is 0 Å². The summed E-state index contributed by atoms with van der Waals surface area (Å²) in [6.45, 7) is 5.88. The molecule has 1 N–H and O–H groups in total. The highest BCUT2D eigenvalue weighted by atomic mass is 32.1. The Bertz CT molecular complexity index is 966. The maximum Gasteiger partial charge on any atom is 0.255 e. The molecule has 6 nitrogen and oxygen atoms in total. The summed E-state index contributed by atoms with van der Waals surface area (Å²) in [4.78, 5) is 19.6. The van der Waals surface area contributed by atoms with Crippen LogP contribution in [0.1, 0.15) is 23.7 Å². The molecule has 0 bridgehead atoms. The van der Waals surface area contributed by atoms with Crippen molar-refractivity contribution < 1.29 is 14.3 Å². The number of benzene rings is 2. The molecule has 4 rings (SSSR count). The highest BCUT2D eigenvalue weighted by molar-refractivity contribution is 7.22. The van der Waals surface area contributed by atoms with Crippen LogP contribution >= 0.6 is 11.3 Å². The molecule has 1 aliphatic heterocycles. The fourth-order valence-electron chi connectivity index (χ4n) is 3.03. The number of amides is 1. The molecule has 146 valence electrons. The molecule has 1 fully saturated rings. The molecule has 7 heteroatoms. The van der Waals surface area contributed by atoms with Gasteiger partial charge < -0.3 is 19.7 Å². The number of rotatable bonds is 6. The summed E-state index contributed by atoms with van der Waals surface area (Å²) in [7, 11) is 0. The van der Waals surface area contributed by atoms with Crippen molar-refractivity contribution in [3.05, 3.63) is 48.0 Å². The Kier molecular flexibility index (Phi) is 5.73. The van der Waals surface area contributed by atoms with E-state index in [9.17, 15) is 4.79 Å². The number of aromatic nitrogens is 1. The molecule has 0 radical (unpaired) electrons. The van der Waals surface area contributed by atoms with Crippen molar-refractivity contribution in [2.24, 2.45) is 0 Å². The van der Waals surface area contributed by atoms with Crippen LogP contribution in [0.3, 0.4) is 0 Å². The van der Waals surface area contributed by atoms with E-state index >= 15 is 0 Å². The maximum absolute atomic E-state index is 12.6. The van der Waals surface area contributed by atoms with Crippen molar-refractivity contribution in [1.29, 1.82) is 0 Å². The fraction of sp³-hybridized carbons (Fsp3) is 0.333. The predicted molar refractivity (Wildman–Crippen MR) is 113 cm³/mol. The van der Waals surface area contributed by atoms with Gasteiger partial charge in [-0.2, -0.15) is 0 Å². The van der Waals surface area contributed by atoms with Gasteiger partial charge in [0.2, 0.25) is 0 Å². The molecule has 0 spiro atoms. The van der Waals surface area contributed by atoms with Gasteiger partial charge >= 0.3 is 0 Å². The van der Waals surface area contributed by atoms with E-state index in [1.54, 1.807) is 23.5 Å². The number of anilines is 2. The van der Waals surface area contributed by atoms with E-state index in [4.69, 9.17) is 14.5 Å². The average Bonchev–Trinajstić information content (AvgIpc) is 3.16. The quantitative estimate of drug-likeness (QED) is 0.676. The van der Waals surface area contributed by atoms with E-state index in [2.05, 4.69) is 17.1 Å². The van der Waals surface area contributed by atoms with Crippen LogP contribution in [0.15, 0.2) is 42.5 Å². The molecule has 1 aromatic heterocycles. The van der Waals surface area contributed by atoms with Gasteiger partial charge in [0.1, 0.15) is 5.75 Å². The number of carbonyl (C=O) groups excluding carboxylic acids is 1. The van der Waals surface area contributed by atoms with Crippen LogP contribution in [0, 0.1) is 0 Å². The molecule has 2 aromatic carbocycles. The molecule has 28 heavy (non-hydrogen) atoms. The number of nitrogens with one attached hydrogen (secondary N) is 1. The van der Waals surface area contributed by atoms with Crippen LogP contribution in [0.5, 0.6) is 5.75 Å². The number of nitrogens with zero attached hydrogens (tertiary/aromatic N) is 2. The first-order chi connectivity index (χ1) is 13.7. The first-order valence-electron chi connectivity index (χ1n) is 9.50. The third-order valence-electron chi connectivity index (χ3n) is 4.49. The summed E-state index contributed by atoms with van der Waals surface area (Å²) in [6.07, 6.45) is 0.928. The molecule has 2 heterocycles. The smallest absolute Gasteiger partial charge is 0.255 e. The summed E-state index contributed by atoms with van der Waals surface area (Å²) in [6, 6.07) is 13.1. The third-order valence-corrected chi connectivity index (χ3v) is 5.56. The number of carbonyl (C=O) groups is 1. The average molecular weight is 398 g/mol. The van der Waals surface area contributed by atoms with Crippen molar-refractivity contribution in [2.75, 3.05) is 43.1 Å². The lowest BCUT2D eigenvalue weighted by molar-refractivity contribution is 0.102. The second-order valence-corrected chi connectivity index (χ2v) is 7.62. The van der Waals surface area contributed by atoms with Gasteiger partial charge in [0, 0.05) is 24.3 Å². The van der Waals surface area contributed by atoms with Crippen LogP contribution in [0.25, 0.3) is 10.2 Å². The van der Waals surface area contributed by atoms with E-state index in [1.165, 1.54) is 0 Å². The van der Waals surface area contributed by atoms with Gasteiger partial charge in [-0.05, 0) is 42.8 Å². The van der Waals surface area contributed by atoms with Crippen LogP contribution in [0.4, 0.5) is 10.8 Å². The summed E-state index contributed by atoms with van der Waals surface area (Å²) in [5, 5.41) is 3.98. The molecule has 1 aliphatic rings. The molecule has 3 aromatic rings. The predicted octanol–water partition coefficient (Wildman–Crippen LogP) is 4.17. The van der Waals surface area contributed by atoms with Crippen LogP contribution in [-0.2, 0) is 4.74 Å². The Morgan fingerprint density at radius 1 is 1.25 bits per heavy atom. The van der Waals surface area contributed by atoms with Crippen molar-refractivity contribution in [3.8, 4) is 5.75 Å². The van der Waals surface area contributed by atoms with Gasteiger partial charge in [0.05, 0.1) is 30.0 Å². The normalized spacial score (nSPS) is 14.2. The van der Waals surface area contributed by atoms with Crippen LogP contribution in [-0.4, -0.2) is 43.8 Å². The minimum Gasteiger partial charge on any atom is -0.494 e. The first-order valence-corrected chi connectivity index (χ1v) is 10.3. The molecule has 0 saturated carbocycles. The van der Waals surface area contributed by atoms with Gasteiger partial charge in [0.15, 0.2) is 5.13 Å². The number of fused-ring (bicyclic) bond motifs is 1. The zero-order chi connectivity index (χ0) is 19.3. The van der Waals surface area contributed by atoms with Gasteiger partial charge in [-0.1, -0.05) is 24.3 Å². The summed E-state index contributed by atoms with van der Waals surface area (Å²) >= 11 is 1.64. The number of hydrogen-bond acceptors (Lipinski definition) is 6. The molecule has 1 saturated heterocycles. The first kappa shape index (κ1) is 18.7. The summed E-state index contributed by atoms with van der Waals surface area (Å²) in [5.41, 5.74) is 2.28. The van der Waals surface area contributed by atoms with Gasteiger partial charge in [-0.15, -0.1) is 0 Å². The van der Waals surface area contributed by atoms with E-state index in [0.29, 0.717) is 17.9 Å². The van der Waals surface area contributed by atoms with Crippen LogP contribution in [0.2, 0.25) is 0 Å². The van der Waals surface area contributed by atoms with E-state index in [-0.39, 0.29) is 5.91 Å². The van der Waals surface area contributed by atoms with Crippen molar-refractivity contribution >= 4 is 38.3 Å². The topological polar surface area (TPSA) is 63.7 Å². The summed E-state index contributed by atoms with van der Waals surface area (Å²) in [5.74, 6) is 0.557. The van der Waals surface area contributed by atoms with Crippen LogP contribution < -0.4 is 15.0 Å². The van der Waals surface area contributed by atoms with E-state index in [1.807, 2.05) is 30.3 Å². The Morgan fingerprint density at radius 3 is 2.93 bits per heavy atom. The minimum absolute atomic E-state index is 0.154. The van der Waals surface area contributed by atoms with E-state index in [0.717, 1.165) is 53.8 Å². The monoisotopic (exact) mass is 397 g/mol. The zero-order valence-corrected chi connectivity index (χ0v) is 16.6. The molecule has 0 unspecified atom stereocenters. The number of thiazole rings is 1. The van der Waals surface area contributed by atoms with Crippen molar-refractivity contribution in [3.63, 3.8) is 0 Å².